The molecule has 1 saturated heterocycles. The van der Waals surface area contributed by atoms with Crippen molar-refractivity contribution in [2.45, 2.75) is 38.3 Å². The number of hydrogen-bond donors (Lipinski definition) is 0. The van der Waals surface area contributed by atoms with Crippen molar-refractivity contribution in [2.75, 3.05) is 24.7 Å². The molecule has 1 aliphatic carbocycles. The van der Waals surface area contributed by atoms with Gasteiger partial charge in [-0.2, -0.15) is 0 Å². The van der Waals surface area contributed by atoms with Gasteiger partial charge in [0.15, 0.2) is 16.4 Å². The fraction of sp³-hybridized carbons (Fsp3) is 0.556. The highest BCUT2D eigenvalue weighted by atomic mass is 32.2. The number of sulfone groups is 1. The molecule has 1 aliphatic heterocycles. The second-order valence-electron chi connectivity index (χ2n) is 6.59. The molecular formula is C18H23NO6S. The highest BCUT2D eigenvalue weighted by Crippen LogP contribution is 2.32. The molecule has 2 fully saturated rings. The van der Waals surface area contributed by atoms with Crippen molar-refractivity contribution < 1.29 is 27.5 Å². The predicted molar refractivity (Wildman–Crippen MR) is 94.8 cm³/mol. The Morgan fingerprint density at radius 1 is 1.15 bits per heavy atom. The van der Waals surface area contributed by atoms with Crippen LogP contribution >= 0.6 is 0 Å². The lowest BCUT2D eigenvalue weighted by Gasteiger charge is -2.28. The van der Waals surface area contributed by atoms with E-state index in [9.17, 15) is 18.0 Å². The van der Waals surface area contributed by atoms with Crippen LogP contribution < -0.4 is 4.74 Å². The summed E-state index contributed by atoms with van der Waals surface area (Å²) in [6.45, 7) is 1.83. The average molecular weight is 381 g/mol. The van der Waals surface area contributed by atoms with E-state index >= 15 is 0 Å². The second-order valence-corrected chi connectivity index (χ2v) is 8.82. The molecule has 142 valence electrons. The summed E-state index contributed by atoms with van der Waals surface area (Å²) in [6.07, 6.45) is 2.18. The van der Waals surface area contributed by atoms with Crippen LogP contribution in [-0.4, -0.2) is 62.0 Å². The Morgan fingerprint density at radius 3 is 2.50 bits per heavy atom. The Bertz CT molecular complexity index is 787. The minimum absolute atomic E-state index is 0.00361. The number of amides is 1. The van der Waals surface area contributed by atoms with E-state index in [1.807, 2.05) is 6.92 Å². The Balaban J connectivity index is 1.63. The maximum atomic E-state index is 12.6. The van der Waals surface area contributed by atoms with Crippen LogP contribution in [0.5, 0.6) is 5.75 Å². The van der Waals surface area contributed by atoms with Crippen LogP contribution in [0.25, 0.3) is 0 Å². The molecule has 7 nitrogen and oxygen atoms in total. The first-order valence-corrected chi connectivity index (χ1v) is 10.6. The molecule has 0 aromatic heterocycles. The molecule has 0 radical (unpaired) electrons. The van der Waals surface area contributed by atoms with Crippen LogP contribution in [0.3, 0.4) is 0 Å². The summed E-state index contributed by atoms with van der Waals surface area (Å²) < 4.78 is 34.0. The molecule has 2 aliphatic rings. The monoisotopic (exact) mass is 381 g/mol. The van der Waals surface area contributed by atoms with Gasteiger partial charge in [0, 0.05) is 12.1 Å². The SMILES string of the molecule is CCOc1ccccc1C(=O)OCC(=O)N(C1CC1)[C@@H]1CCS(=O)(=O)C1. The first kappa shape index (κ1) is 18.7. The van der Waals surface area contributed by atoms with Gasteiger partial charge in [-0.3, -0.25) is 4.79 Å². The van der Waals surface area contributed by atoms with Gasteiger partial charge in [0.2, 0.25) is 0 Å². The van der Waals surface area contributed by atoms with Crippen molar-refractivity contribution in [3.8, 4) is 5.75 Å². The number of hydrogen-bond acceptors (Lipinski definition) is 6. The summed E-state index contributed by atoms with van der Waals surface area (Å²) in [5, 5.41) is 0. The third kappa shape index (κ3) is 4.35. The maximum absolute atomic E-state index is 12.6. The van der Waals surface area contributed by atoms with E-state index in [1.165, 1.54) is 0 Å². The van der Waals surface area contributed by atoms with Gasteiger partial charge in [-0.05, 0) is 38.3 Å². The maximum Gasteiger partial charge on any atom is 0.342 e. The summed E-state index contributed by atoms with van der Waals surface area (Å²) in [5.74, 6) is -0.450. The largest absolute Gasteiger partial charge is 0.493 e. The first-order valence-electron chi connectivity index (χ1n) is 8.82. The van der Waals surface area contributed by atoms with Crippen molar-refractivity contribution in [2.24, 2.45) is 0 Å². The first-order chi connectivity index (χ1) is 12.4. The molecule has 0 bridgehead atoms. The summed E-state index contributed by atoms with van der Waals surface area (Å²) >= 11 is 0. The lowest BCUT2D eigenvalue weighted by molar-refractivity contribution is -0.137. The van der Waals surface area contributed by atoms with E-state index in [1.54, 1.807) is 29.2 Å². The van der Waals surface area contributed by atoms with Crippen molar-refractivity contribution in [1.29, 1.82) is 0 Å². The minimum Gasteiger partial charge on any atom is -0.493 e. The van der Waals surface area contributed by atoms with Gasteiger partial charge in [0.1, 0.15) is 11.3 Å². The highest BCUT2D eigenvalue weighted by Gasteiger charge is 2.42. The lowest BCUT2D eigenvalue weighted by Crippen LogP contribution is -2.44. The third-order valence-electron chi connectivity index (χ3n) is 4.56. The topological polar surface area (TPSA) is 90.0 Å². The predicted octanol–water partition coefficient (Wildman–Crippen LogP) is 1.42. The van der Waals surface area contributed by atoms with Crippen LogP contribution in [0.2, 0.25) is 0 Å². The Morgan fingerprint density at radius 2 is 1.88 bits per heavy atom. The lowest BCUT2D eigenvalue weighted by atomic mass is 10.2. The Labute approximate surface area is 153 Å². The summed E-state index contributed by atoms with van der Waals surface area (Å²) in [5.41, 5.74) is 0.267. The van der Waals surface area contributed by atoms with Gasteiger partial charge in [0.05, 0.1) is 18.1 Å². The van der Waals surface area contributed by atoms with E-state index < -0.39 is 22.4 Å². The van der Waals surface area contributed by atoms with Gasteiger partial charge in [-0.1, -0.05) is 12.1 Å². The van der Waals surface area contributed by atoms with Gasteiger partial charge < -0.3 is 14.4 Å². The number of rotatable bonds is 7. The Kier molecular flexibility index (Phi) is 5.50. The van der Waals surface area contributed by atoms with Crippen molar-refractivity contribution in [1.82, 2.24) is 4.90 Å². The van der Waals surface area contributed by atoms with Crippen LogP contribution in [-0.2, 0) is 19.4 Å². The molecule has 26 heavy (non-hydrogen) atoms. The Hall–Kier alpha value is -2.09. The molecule has 0 unspecified atom stereocenters. The van der Waals surface area contributed by atoms with Crippen LogP contribution in [0.1, 0.15) is 36.5 Å². The molecule has 0 spiro atoms. The van der Waals surface area contributed by atoms with Crippen LogP contribution in [0.15, 0.2) is 24.3 Å². The molecule has 3 rings (SSSR count). The molecule has 1 atom stereocenters. The number of para-hydroxylation sites is 1. The normalized spacial score (nSPS) is 21.2. The average Bonchev–Trinajstić information content (AvgIpc) is 3.37. The zero-order valence-electron chi connectivity index (χ0n) is 14.7. The number of nitrogens with zero attached hydrogens (tertiary/aromatic N) is 1. The fourth-order valence-corrected chi connectivity index (χ4v) is 4.96. The molecule has 1 aromatic rings. The number of benzene rings is 1. The third-order valence-corrected chi connectivity index (χ3v) is 6.31. The van der Waals surface area contributed by atoms with Crippen molar-refractivity contribution >= 4 is 21.7 Å². The van der Waals surface area contributed by atoms with Crippen molar-refractivity contribution in [3.63, 3.8) is 0 Å². The fourth-order valence-electron chi connectivity index (χ4n) is 3.25. The smallest absolute Gasteiger partial charge is 0.342 e. The highest BCUT2D eigenvalue weighted by molar-refractivity contribution is 7.91. The minimum atomic E-state index is -3.08. The zero-order chi connectivity index (χ0) is 18.7. The second kappa shape index (κ2) is 7.65. The summed E-state index contributed by atoms with van der Waals surface area (Å²) in [6, 6.07) is 6.45. The quantitative estimate of drug-likeness (QED) is 0.664. The van der Waals surface area contributed by atoms with E-state index in [0.717, 1.165) is 12.8 Å². The van der Waals surface area contributed by atoms with E-state index in [4.69, 9.17) is 9.47 Å². The standard InChI is InChI=1S/C18H23NO6S/c1-2-24-16-6-4-3-5-15(16)18(21)25-11-17(20)19(13-7-8-13)14-9-10-26(22,23)12-14/h3-6,13-14H,2,7-12H2,1H3/t14-/m1/s1. The molecule has 1 amide bonds. The van der Waals surface area contributed by atoms with E-state index in [-0.39, 0.29) is 35.1 Å². The molecular weight excluding hydrogens is 358 g/mol. The molecule has 1 saturated carbocycles. The van der Waals surface area contributed by atoms with Gasteiger partial charge >= 0.3 is 5.97 Å². The van der Waals surface area contributed by atoms with Crippen LogP contribution in [0, 0.1) is 0 Å². The summed E-state index contributed by atoms with van der Waals surface area (Å²) in [4.78, 5) is 26.5. The van der Waals surface area contributed by atoms with Gasteiger partial charge in [0.25, 0.3) is 5.91 Å². The van der Waals surface area contributed by atoms with E-state index in [2.05, 4.69) is 0 Å². The number of esters is 1. The number of carbonyl (C=O) groups excluding carboxylic acids is 2. The molecule has 0 N–H and O–H groups in total. The number of ether oxygens (including phenoxy) is 2. The van der Waals surface area contributed by atoms with Gasteiger partial charge in [-0.15, -0.1) is 0 Å². The molecule has 1 aromatic carbocycles. The van der Waals surface area contributed by atoms with Crippen molar-refractivity contribution in [3.05, 3.63) is 29.8 Å². The number of carbonyl (C=O) groups is 2. The van der Waals surface area contributed by atoms with Crippen LogP contribution in [0.4, 0.5) is 0 Å². The zero-order valence-corrected chi connectivity index (χ0v) is 15.5. The van der Waals surface area contributed by atoms with E-state index in [0.29, 0.717) is 18.8 Å². The summed E-state index contributed by atoms with van der Waals surface area (Å²) in [7, 11) is -3.08. The molecule has 8 heteroatoms. The molecule has 1 heterocycles. The van der Waals surface area contributed by atoms with Gasteiger partial charge in [-0.25, -0.2) is 13.2 Å².